The molecule has 0 aliphatic heterocycles. The number of anilines is 1. The minimum absolute atomic E-state index is 0.0424. The summed E-state index contributed by atoms with van der Waals surface area (Å²) in [7, 11) is 1.98. The highest BCUT2D eigenvalue weighted by atomic mass is 79.9. The zero-order valence-corrected chi connectivity index (χ0v) is 13.8. The number of nitrogens with two attached hydrogens (primary N) is 1. The first-order valence-corrected chi connectivity index (χ1v) is 7.88. The summed E-state index contributed by atoms with van der Waals surface area (Å²) in [5.74, 6) is 0. The topological polar surface area (TPSA) is 53.0 Å². The Morgan fingerprint density at radius 2 is 2.00 bits per heavy atom. The van der Waals surface area contributed by atoms with E-state index in [-0.39, 0.29) is 12.1 Å². The summed E-state index contributed by atoms with van der Waals surface area (Å²) in [4.78, 5) is 3.27. The van der Waals surface area contributed by atoms with Crippen molar-refractivity contribution in [3.63, 3.8) is 0 Å². The lowest BCUT2D eigenvalue weighted by Crippen LogP contribution is -2.37. The van der Waals surface area contributed by atoms with Crippen molar-refractivity contribution in [2.75, 3.05) is 11.9 Å². The molecule has 0 amide bonds. The number of likely N-dealkylation sites (N-methyl/N-ethyl adjacent to an activating group) is 1. The first-order chi connectivity index (χ1) is 9.54. The summed E-state index contributed by atoms with van der Waals surface area (Å²) < 4.78 is 1.08. The van der Waals surface area contributed by atoms with Crippen LogP contribution in [0.3, 0.4) is 0 Å². The van der Waals surface area contributed by atoms with Gasteiger partial charge in [0.2, 0.25) is 0 Å². The average Bonchev–Trinajstić information content (AvgIpc) is 2.84. The van der Waals surface area contributed by atoms with Crippen molar-refractivity contribution in [1.82, 2.24) is 0 Å². The smallest absolute Gasteiger partial charge is 0.101 e. The number of hydrogen-bond acceptors (Lipinski definition) is 4. The largest absolute Gasteiger partial charge is 0.364 e. The van der Waals surface area contributed by atoms with Gasteiger partial charge in [-0.2, -0.15) is 5.26 Å². The van der Waals surface area contributed by atoms with Crippen LogP contribution in [0, 0.1) is 11.3 Å². The van der Waals surface area contributed by atoms with Gasteiger partial charge in [-0.05, 0) is 47.1 Å². The van der Waals surface area contributed by atoms with Gasteiger partial charge in [0.1, 0.15) is 6.07 Å². The van der Waals surface area contributed by atoms with Crippen LogP contribution in [-0.4, -0.2) is 13.1 Å². The molecule has 5 heteroatoms. The van der Waals surface area contributed by atoms with Crippen LogP contribution in [-0.2, 0) is 0 Å². The summed E-state index contributed by atoms with van der Waals surface area (Å²) in [5, 5.41) is 9.25. The number of benzene rings is 1. The highest BCUT2D eigenvalue weighted by Gasteiger charge is 2.24. The number of nitrogens with zero attached hydrogens (tertiary/aromatic N) is 2. The SMILES string of the molecule is CC(N)C(c1ccc(Br)s1)N(C)c1ccccc1C#N. The van der Waals surface area contributed by atoms with Crippen molar-refractivity contribution in [2.45, 2.75) is 19.0 Å². The molecule has 1 aromatic carbocycles. The minimum atomic E-state index is -0.0442. The van der Waals surface area contributed by atoms with Gasteiger partial charge in [0.15, 0.2) is 0 Å². The van der Waals surface area contributed by atoms with E-state index < -0.39 is 0 Å². The Morgan fingerprint density at radius 1 is 1.30 bits per heavy atom. The fourth-order valence-corrected chi connectivity index (χ4v) is 4.00. The molecule has 0 spiro atoms. The number of halogens is 1. The molecule has 0 aliphatic rings. The molecule has 0 saturated carbocycles. The molecule has 0 bridgehead atoms. The van der Waals surface area contributed by atoms with E-state index in [1.807, 2.05) is 44.3 Å². The van der Waals surface area contributed by atoms with Crippen LogP contribution in [0.25, 0.3) is 0 Å². The lowest BCUT2D eigenvalue weighted by Gasteiger charge is -2.32. The molecule has 0 radical (unpaired) electrons. The number of rotatable bonds is 4. The Hall–Kier alpha value is -1.35. The van der Waals surface area contributed by atoms with Crippen molar-refractivity contribution >= 4 is 33.0 Å². The second-order valence-electron chi connectivity index (χ2n) is 4.69. The van der Waals surface area contributed by atoms with Gasteiger partial charge in [0.05, 0.1) is 21.1 Å². The van der Waals surface area contributed by atoms with Crippen molar-refractivity contribution < 1.29 is 0 Å². The molecular weight excluding hydrogens is 334 g/mol. The van der Waals surface area contributed by atoms with Crippen molar-refractivity contribution in [1.29, 1.82) is 5.26 Å². The Morgan fingerprint density at radius 3 is 2.55 bits per heavy atom. The molecule has 0 saturated heterocycles. The third-order valence-electron chi connectivity index (χ3n) is 3.21. The average molecular weight is 350 g/mol. The van der Waals surface area contributed by atoms with Crippen LogP contribution in [0.15, 0.2) is 40.2 Å². The zero-order valence-electron chi connectivity index (χ0n) is 11.4. The standard InChI is InChI=1S/C15H16BrN3S/c1-10(18)15(13-7-8-14(16)20-13)19(2)12-6-4-3-5-11(12)9-17/h3-8,10,15H,18H2,1-2H3. The van der Waals surface area contributed by atoms with Crippen LogP contribution in [0.2, 0.25) is 0 Å². The number of para-hydroxylation sites is 1. The zero-order chi connectivity index (χ0) is 14.7. The summed E-state index contributed by atoms with van der Waals surface area (Å²) in [6.07, 6.45) is 0. The van der Waals surface area contributed by atoms with Gasteiger partial charge in [-0.1, -0.05) is 12.1 Å². The van der Waals surface area contributed by atoms with E-state index in [1.54, 1.807) is 11.3 Å². The molecule has 104 valence electrons. The molecule has 2 N–H and O–H groups in total. The predicted molar refractivity (Wildman–Crippen MR) is 88.0 cm³/mol. The number of thiophene rings is 1. The minimum Gasteiger partial charge on any atom is -0.364 e. The maximum atomic E-state index is 9.25. The van der Waals surface area contributed by atoms with Crippen molar-refractivity contribution in [2.24, 2.45) is 5.73 Å². The van der Waals surface area contributed by atoms with E-state index in [9.17, 15) is 5.26 Å². The van der Waals surface area contributed by atoms with E-state index in [4.69, 9.17) is 5.73 Å². The van der Waals surface area contributed by atoms with Crippen LogP contribution in [0.5, 0.6) is 0 Å². The van der Waals surface area contributed by atoms with E-state index in [1.165, 1.54) is 4.88 Å². The van der Waals surface area contributed by atoms with Gasteiger partial charge in [0, 0.05) is 18.0 Å². The summed E-state index contributed by atoms with van der Waals surface area (Å²) in [6.45, 7) is 1.99. The lowest BCUT2D eigenvalue weighted by atomic mass is 10.1. The molecule has 2 unspecified atom stereocenters. The molecule has 1 heterocycles. The highest BCUT2D eigenvalue weighted by Crippen LogP contribution is 2.35. The molecule has 2 aromatic rings. The Bertz CT molecular complexity index is 630. The van der Waals surface area contributed by atoms with Gasteiger partial charge in [-0.3, -0.25) is 0 Å². The molecule has 20 heavy (non-hydrogen) atoms. The van der Waals surface area contributed by atoms with Crippen molar-refractivity contribution in [3.05, 3.63) is 50.6 Å². The Balaban J connectivity index is 2.42. The van der Waals surface area contributed by atoms with Crippen LogP contribution in [0.1, 0.15) is 23.4 Å². The molecule has 1 aromatic heterocycles. The monoisotopic (exact) mass is 349 g/mol. The molecule has 0 fully saturated rings. The molecular formula is C15H16BrN3S. The number of hydrogen-bond donors (Lipinski definition) is 1. The van der Waals surface area contributed by atoms with Crippen LogP contribution < -0.4 is 10.6 Å². The van der Waals surface area contributed by atoms with E-state index in [0.717, 1.165) is 9.47 Å². The number of nitriles is 1. The second kappa shape index (κ2) is 6.40. The first kappa shape index (κ1) is 15.0. The molecule has 3 nitrogen and oxygen atoms in total. The summed E-state index contributed by atoms with van der Waals surface area (Å²) >= 11 is 5.16. The summed E-state index contributed by atoms with van der Waals surface area (Å²) in [6, 6.07) is 13.9. The third-order valence-corrected chi connectivity index (χ3v) is 4.90. The highest BCUT2D eigenvalue weighted by molar-refractivity contribution is 9.11. The molecule has 2 atom stereocenters. The fraction of sp³-hybridized carbons (Fsp3) is 0.267. The normalized spacial score (nSPS) is 13.6. The van der Waals surface area contributed by atoms with Gasteiger partial charge < -0.3 is 10.6 Å². The maximum absolute atomic E-state index is 9.25. The predicted octanol–water partition coefficient (Wildman–Crippen LogP) is 3.91. The molecule has 0 aliphatic carbocycles. The van der Waals surface area contributed by atoms with Gasteiger partial charge in [-0.25, -0.2) is 0 Å². The van der Waals surface area contributed by atoms with E-state index >= 15 is 0 Å². The van der Waals surface area contributed by atoms with Crippen molar-refractivity contribution in [3.8, 4) is 6.07 Å². The molecule has 2 rings (SSSR count). The first-order valence-electron chi connectivity index (χ1n) is 6.27. The summed E-state index contributed by atoms with van der Waals surface area (Å²) in [5.41, 5.74) is 7.74. The lowest BCUT2D eigenvalue weighted by molar-refractivity contribution is 0.566. The Kier molecular flexibility index (Phi) is 4.81. The second-order valence-corrected chi connectivity index (χ2v) is 7.18. The van der Waals surface area contributed by atoms with Crippen LogP contribution >= 0.6 is 27.3 Å². The van der Waals surface area contributed by atoms with E-state index in [2.05, 4.69) is 33.0 Å². The third kappa shape index (κ3) is 3.04. The van der Waals surface area contributed by atoms with Gasteiger partial charge >= 0.3 is 0 Å². The quantitative estimate of drug-likeness (QED) is 0.910. The van der Waals surface area contributed by atoms with Crippen LogP contribution in [0.4, 0.5) is 5.69 Å². The van der Waals surface area contributed by atoms with E-state index in [0.29, 0.717) is 5.56 Å². The maximum Gasteiger partial charge on any atom is 0.101 e. The Labute approximate surface area is 131 Å². The van der Waals surface area contributed by atoms with Gasteiger partial charge in [-0.15, -0.1) is 11.3 Å². The fourth-order valence-electron chi connectivity index (χ4n) is 2.32. The van der Waals surface area contributed by atoms with Gasteiger partial charge in [0.25, 0.3) is 0 Å².